The minimum atomic E-state index is -0.223. The molecule has 1 saturated heterocycles. The minimum Gasteiger partial charge on any atom is -0.468 e. The largest absolute Gasteiger partial charge is 0.468 e. The molecule has 0 bridgehead atoms. The van der Waals surface area contributed by atoms with E-state index in [4.69, 9.17) is 0 Å². The lowest BCUT2D eigenvalue weighted by atomic mass is 10.0. The molecule has 0 spiro atoms. The lowest BCUT2D eigenvalue weighted by molar-refractivity contribution is -0.139. The monoisotopic (exact) mass is 359 g/mol. The van der Waals surface area contributed by atoms with Crippen LogP contribution >= 0.6 is 0 Å². The van der Waals surface area contributed by atoms with E-state index in [-0.39, 0.29) is 18.4 Å². The molecule has 1 heterocycles. The summed E-state index contributed by atoms with van der Waals surface area (Å²) in [6, 6.07) is 8.60. The van der Waals surface area contributed by atoms with Gasteiger partial charge in [0.1, 0.15) is 0 Å². The summed E-state index contributed by atoms with van der Waals surface area (Å²) >= 11 is 0. The second-order valence-electron chi connectivity index (χ2n) is 7.22. The van der Waals surface area contributed by atoms with Gasteiger partial charge in [0.2, 0.25) is 0 Å². The topological polar surface area (TPSA) is 70.7 Å². The fourth-order valence-corrected chi connectivity index (χ4v) is 3.80. The molecular weight excluding hydrogens is 330 g/mol. The molecule has 1 aliphatic heterocycles. The zero-order chi connectivity index (χ0) is 18.4. The lowest BCUT2D eigenvalue weighted by Crippen LogP contribution is -2.44. The number of methoxy groups -OCH3 is 1. The van der Waals surface area contributed by atoms with Gasteiger partial charge in [0.15, 0.2) is 0 Å². The Morgan fingerprint density at radius 1 is 1.04 bits per heavy atom. The summed E-state index contributed by atoms with van der Waals surface area (Å²) in [4.78, 5) is 25.8. The van der Waals surface area contributed by atoms with Crippen LogP contribution in [-0.2, 0) is 9.53 Å². The molecule has 1 amide bonds. The van der Waals surface area contributed by atoms with Crippen LogP contribution in [0, 0.1) is 0 Å². The number of amides is 1. The van der Waals surface area contributed by atoms with Crippen molar-refractivity contribution in [3.63, 3.8) is 0 Å². The second-order valence-corrected chi connectivity index (χ2v) is 7.22. The predicted molar refractivity (Wildman–Crippen MR) is 101 cm³/mol. The molecule has 0 atom stereocenters. The molecule has 0 radical (unpaired) electrons. The molecule has 3 rings (SSSR count). The van der Waals surface area contributed by atoms with Gasteiger partial charge in [-0.3, -0.25) is 9.59 Å². The number of piperidine rings is 1. The molecule has 1 saturated carbocycles. The minimum absolute atomic E-state index is 0.0363. The van der Waals surface area contributed by atoms with Crippen molar-refractivity contribution in [2.24, 2.45) is 0 Å². The Balaban J connectivity index is 1.46. The Morgan fingerprint density at radius 3 is 2.31 bits per heavy atom. The van der Waals surface area contributed by atoms with Gasteiger partial charge in [-0.1, -0.05) is 12.8 Å². The molecule has 26 heavy (non-hydrogen) atoms. The summed E-state index contributed by atoms with van der Waals surface area (Å²) in [5.74, 6) is -0.187. The first-order chi connectivity index (χ1) is 12.7. The number of hydrogen-bond acceptors (Lipinski definition) is 5. The highest BCUT2D eigenvalue weighted by atomic mass is 16.5. The van der Waals surface area contributed by atoms with Gasteiger partial charge in [0.05, 0.1) is 13.7 Å². The number of rotatable bonds is 6. The SMILES string of the molecule is COC(=O)CNC1CCN(c2ccc(C(=O)NC3CCCC3)cc2)CC1. The molecular formula is C20H29N3O3. The van der Waals surface area contributed by atoms with Crippen molar-refractivity contribution in [3.8, 4) is 0 Å². The van der Waals surface area contributed by atoms with Gasteiger partial charge in [-0.15, -0.1) is 0 Å². The van der Waals surface area contributed by atoms with Crippen LogP contribution in [0.2, 0.25) is 0 Å². The van der Waals surface area contributed by atoms with E-state index < -0.39 is 0 Å². The fourth-order valence-electron chi connectivity index (χ4n) is 3.80. The van der Waals surface area contributed by atoms with Crippen molar-refractivity contribution in [3.05, 3.63) is 29.8 Å². The summed E-state index contributed by atoms with van der Waals surface area (Å²) < 4.78 is 4.66. The second kappa shape index (κ2) is 9.03. The quantitative estimate of drug-likeness (QED) is 0.761. The Labute approximate surface area is 155 Å². The first-order valence-corrected chi connectivity index (χ1v) is 9.62. The van der Waals surface area contributed by atoms with E-state index in [0.29, 0.717) is 12.1 Å². The number of anilines is 1. The summed E-state index contributed by atoms with van der Waals surface area (Å²) in [6.07, 6.45) is 6.61. The van der Waals surface area contributed by atoms with E-state index in [1.54, 1.807) is 0 Å². The molecule has 0 aromatic heterocycles. The third-order valence-electron chi connectivity index (χ3n) is 5.44. The number of esters is 1. The molecule has 1 aromatic carbocycles. The van der Waals surface area contributed by atoms with E-state index >= 15 is 0 Å². The normalized spacial score (nSPS) is 18.7. The Hall–Kier alpha value is -2.08. The first kappa shape index (κ1) is 18.7. The van der Waals surface area contributed by atoms with Crippen LogP contribution in [0.1, 0.15) is 48.9 Å². The highest BCUT2D eigenvalue weighted by Gasteiger charge is 2.21. The van der Waals surface area contributed by atoms with Gasteiger partial charge in [-0.2, -0.15) is 0 Å². The van der Waals surface area contributed by atoms with E-state index in [9.17, 15) is 9.59 Å². The van der Waals surface area contributed by atoms with Crippen molar-refractivity contribution < 1.29 is 14.3 Å². The molecule has 142 valence electrons. The summed E-state index contributed by atoms with van der Waals surface area (Å²) in [5, 5.41) is 6.38. The van der Waals surface area contributed by atoms with Gasteiger partial charge in [-0.25, -0.2) is 0 Å². The average molecular weight is 359 g/mol. The average Bonchev–Trinajstić information content (AvgIpc) is 3.19. The fraction of sp³-hybridized carbons (Fsp3) is 0.600. The molecule has 0 unspecified atom stereocenters. The maximum absolute atomic E-state index is 12.3. The van der Waals surface area contributed by atoms with Gasteiger partial charge < -0.3 is 20.3 Å². The Bertz CT molecular complexity index is 603. The van der Waals surface area contributed by atoms with E-state index in [0.717, 1.165) is 50.0 Å². The summed E-state index contributed by atoms with van der Waals surface area (Å²) in [5.41, 5.74) is 1.88. The number of nitrogens with one attached hydrogen (secondary N) is 2. The molecule has 2 aliphatic rings. The van der Waals surface area contributed by atoms with Crippen molar-refractivity contribution in [2.75, 3.05) is 31.6 Å². The van der Waals surface area contributed by atoms with Gasteiger partial charge in [-0.05, 0) is 49.9 Å². The molecule has 6 heteroatoms. The van der Waals surface area contributed by atoms with E-state index in [2.05, 4.69) is 20.3 Å². The van der Waals surface area contributed by atoms with E-state index in [1.807, 2.05) is 24.3 Å². The van der Waals surface area contributed by atoms with Crippen LogP contribution in [0.3, 0.4) is 0 Å². The lowest BCUT2D eigenvalue weighted by Gasteiger charge is -2.34. The van der Waals surface area contributed by atoms with Crippen LogP contribution in [0.5, 0.6) is 0 Å². The maximum atomic E-state index is 12.3. The number of ether oxygens (including phenoxy) is 1. The summed E-state index contributed by atoms with van der Waals surface area (Å²) in [6.45, 7) is 2.14. The van der Waals surface area contributed by atoms with Gasteiger partial charge in [0, 0.05) is 36.4 Å². The van der Waals surface area contributed by atoms with Crippen molar-refractivity contribution >= 4 is 17.6 Å². The number of carbonyl (C=O) groups excluding carboxylic acids is 2. The van der Waals surface area contributed by atoms with Gasteiger partial charge >= 0.3 is 5.97 Å². The summed E-state index contributed by atoms with van der Waals surface area (Å²) in [7, 11) is 1.41. The Kier molecular flexibility index (Phi) is 6.50. The zero-order valence-corrected chi connectivity index (χ0v) is 15.5. The smallest absolute Gasteiger partial charge is 0.319 e. The third-order valence-corrected chi connectivity index (χ3v) is 5.44. The zero-order valence-electron chi connectivity index (χ0n) is 15.5. The molecule has 1 aromatic rings. The highest BCUT2D eigenvalue weighted by Crippen LogP contribution is 2.22. The molecule has 6 nitrogen and oxygen atoms in total. The van der Waals surface area contributed by atoms with Crippen LogP contribution < -0.4 is 15.5 Å². The maximum Gasteiger partial charge on any atom is 0.319 e. The number of carbonyl (C=O) groups is 2. The third kappa shape index (κ3) is 4.97. The number of nitrogens with zero attached hydrogens (tertiary/aromatic N) is 1. The number of hydrogen-bond donors (Lipinski definition) is 2. The van der Waals surface area contributed by atoms with E-state index in [1.165, 1.54) is 20.0 Å². The molecule has 2 N–H and O–H groups in total. The van der Waals surface area contributed by atoms with Crippen LogP contribution in [-0.4, -0.2) is 50.7 Å². The first-order valence-electron chi connectivity index (χ1n) is 9.62. The van der Waals surface area contributed by atoms with Crippen molar-refractivity contribution in [1.29, 1.82) is 0 Å². The Morgan fingerprint density at radius 2 is 1.69 bits per heavy atom. The van der Waals surface area contributed by atoms with Crippen LogP contribution in [0.4, 0.5) is 5.69 Å². The predicted octanol–water partition coefficient (Wildman–Crippen LogP) is 2.09. The molecule has 1 aliphatic carbocycles. The van der Waals surface area contributed by atoms with Crippen molar-refractivity contribution in [1.82, 2.24) is 10.6 Å². The number of benzene rings is 1. The van der Waals surface area contributed by atoms with Gasteiger partial charge in [0.25, 0.3) is 5.91 Å². The highest BCUT2D eigenvalue weighted by molar-refractivity contribution is 5.94. The van der Waals surface area contributed by atoms with Crippen LogP contribution in [0.15, 0.2) is 24.3 Å². The van der Waals surface area contributed by atoms with Crippen molar-refractivity contribution in [2.45, 2.75) is 50.6 Å². The van der Waals surface area contributed by atoms with Crippen LogP contribution in [0.25, 0.3) is 0 Å². The molecule has 2 fully saturated rings. The standard InChI is InChI=1S/C20H29N3O3/c1-26-19(24)14-21-16-10-12-23(13-11-16)18-8-6-15(7-9-18)20(25)22-17-4-2-3-5-17/h6-9,16-17,21H,2-5,10-14H2,1H3,(H,22,25).